The molecule has 1 rings (SSSR count). The molecule has 0 amide bonds. The number of hydrogen-bond donors (Lipinski definition) is 1. The van der Waals surface area contributed by atoms with Crippen LogP contribution < -0.4 is 4.74 Å². The normalized spacial score (nSPS) is 9.31. The molecular weight excluding hydrogens is 166 g/mol. The molecule has 3 nitrogen and oxygen atoms in total. The molecule has 0 saturated heterocycles. The van der Waals surface area contributed by atoms with Gasteiger partial charge in [0, 0.05) is 5.56 Å². The number of nitrogens with zero attached hydrogens (tertiary/aromatic N) is 1. The number of phenolic OH excluding ortho intramolecular Hbond substituents is 1. The van der Waals surface area contributed by atoms with Crippen LogP contribution in [0.5, 0.6) is 11.5 Å². The summed E-state index contributed by atoms with van der Waals surface area (Å²) < 4.78 is 5.01. The van der Waals surface area contributed by atoms with Gasteiger partial charge in [-0.1, -0.05) is 6.07 Å². The number of aryl methyl sites for hydroxylation is 1. The molecule has 1 aromatic carbocycles. The van der Waals surface area contributed by atoms with Crippen LogP contribution in [0.4, 0.5) is 0 Å². The van der Waals surface area contributed by atoms with Crippen LogP contribution in [0.1, 0.15) is 11.1 Å². The molecule has 0 aliphatic rings. The van der Waals surface area contributed by atoms with Crippen molar-refractivity contribution in [3.8, 4) is 17.6 Å². The van der Waals surface area contributed by atoms with E-state index in [2.05, 4.69) is 0 Å². The minimum absolute atomic E-state index is 0.0818. The van der Waals surface area contributed by atoms with Gasteiger partial charge < -0.3 is 9.84 Å². The third kappa shape index (κ3) is 1.73. The van der Waals surface area contributed by atoms with Gasteiger partial charge in [0.1, 0.15) is 0 Å². The van der Waals surface area contributed by atoms with Gasteiger partial charge in [-0.05, 0) is 18.6 Å². The standard InChI is InChI=1S/C10H11NO2/c1-7-3-4-9(12)10(13-2)8(7)5-6-11/h3-4,12H,5H2,1-2H3. The summed E-state index contributed by atoms with van der Waals surface area (Å²) in [6.07, 6.45) is 0.253. The van der Waals surface area contributed by atoms with E-state index in [0.29, 0.717) is 5.75 Å². The molecule has 0 aliphatic carbocycles. The fourth-order valence-corrected chi connectivity index (χ4v) is 1.24. The average molecular weight is 177 g/mol. The lowest BCUT2D eigenvalue weighted by molar-refractivity contribution is 0.369. The van der Waals surface area contributed by atoms with Gasteiger partial charge in [-0.2, -0.15) is 5.26 Å². The molecule has 1 aromatic rings. The van der Waals surface area contributed by atoms with Gasteiger partial charge in [0.05, 0.1) is 19.6 Å². The summed E-state index contributed by atoms with van der Waals surface area (Å²) in [5, 5.41) is 18.0. The zero-order valence-electron chi connectivity index (χ0n) is 7.66. The Hall–Kier alpha value is -1.69. The van der Waals surface area contributed by atoms with Crippen molar-refractivity contribution in [1.29, 1.82) is 5.26 Å². The van der Waals surface area contributed by atoms with Crippen molar-refractivity contribution in [2.45, 2.75) is 13.3 Å². The topological polar surface area (TPSA) is 53.2 Å². The van der Waals surface area contributed by atoms with Crippen molar-refractivity contribution in [2.75, 3.05) is 7.11 Å². The number of aromatic hydroxyl groups is 1. The maximum Gasteiger partial charge on any atom is 0.164 e. The number of nitriles is 1. The van der Waals surface area contributed by atoms with E-state index in [-0.39, 0.29) is 12.2 Å². The SMILES string of the molecule is COc1c(O)ccc(C)c1CC#N. The maximum absolute atomic E-state index is 9.41. The Morgan fingerprint density at radius 1 is 1.54 bits per heavy atom. The Morgan fingerprint density at radius 3 is 2.77 bits per heavy atom. The molecule has 0 unspecified atom stereocenters. The first kappa shape index (κ1) is 9.40. The lowest BCUT2D eigenvalue weighted by atomic mass is 10.0. The van der Waals surface area contributed by atoms with Gasteiger partial charge in [0.15, 0.2) is 11.5 Å². The van der Waals surface area contributed by atoms with Gasteiger partial charge in [-0.15, -0.1) is 0 Å². The summed E-state index contributed by atoms with van der Waals surface area (Å²) >= 11 is 0. The number of benzene rings is 1. The van der Waals surface area contributed by atoms with Crippen LogP contribution in [0, 0.1) is 18.3 Å². The van der Waals surface area contributed by atoms with Gasteiger partial charge in [-0.25, -0.2) is 0 Å². The largest absolute Gasteiger partial charge is 0.504 e. The molecule has 0 radical (unpaired) electrons. The van der Waals surface area contributed by atoms with Crippen LogP contribution in [0.15, 0.2) is 12.1 Å². The Labute approximate surface area is 77.2 Å². The first-order valence-corrected chi connectivity index (χ1v) is 3.93. The van der Waals surface area contributed by atoms with Crippen molar-refractivity contribution in [2.24, 2.45) is 0 Å². The predicted octanol–water partition coefficient (Wildman–Crippen LogP) is 1.78. The summed E-state index contributed by atoms with van der Waals surface area (Å²) in [7, 11) is 1.48. The minimum Gasteiger partial charge on any atom is -0.504 e. The first-order valence-electron chi connectivity index (χ1n) is 3.93. The second kappa shape index (κ2) is 3.81. The van der Waals surface area contributed by atoms with Crippen molar-refractivity contribution < 1.29 is 9.84 Å². The van der Waals surface area contributed by atoms with Crippen LogP contribution in [-0.2, 0) is 6.42 Å². The van der Waals surface area contributed by atoms with E-state index in [1.54, 1.807) is 12.1 Å². The zero-order valence-corrected chi connectivity index (χ0v) is 7.66. The van der Waals surface area contributed by atoms with Crippen molar-refractivity contribution >= 4 is 0 Å². The van der Waals surface area contributed by atoms with Crippen LogP contribution in [0.3, 0.4) is 0 Å². The summed E-state index contributed by atoms with van der Waals surface area (Å²) in [6, 6.07) is 5.37. The van der Waals surface area contributed by atoms with Crippen molar-refractivity contribution in [1.82, 2.24) is 0 Å². The fourth-order valence-electron chi connectivity index (χ4n) is 1.24. The first-order chi connectivity index (χ1) is 6.20. The lowest BCUT2D eigenvalue weighted by Gasteiger charge is -2.09. The van der Waals surface area contributed by atoms with Gasteiger partial charge in [0.2, 0.25) is 0 Å². The number of methoxy groups -OCH3 is 1. The van der Waals surface area contributed by atoms with E-state index in [9.17, 15) is 5.11 Å². The molecular formula is C10H11NO2. The molecule has 13 heavy (non-hydrogen) atoms. The minimum atomic E-state index is 0.0818. The van der Waals surface area contributed by atoms with Crippen LogP contribution in [0.2, 0.25) is 0 Å². The Bertz CT molecular complexity index is 353. The van der Waals surface area contributed by atoms with E-state index in [4.69, 9.17) is 10.00 Å². The molecule has 0 bridgehead atoms. The molecule has 3 heteroatoms. The highest BCUT2D eigenvalue weighted by molar-refractivity contribution is 5.50. The van der Waals surface area contributed by atoms with Gasteiger partial charge in [0.25, 0.3) is 0 Å². The fraction of sp³-hybridized carbons (Fsp3) is 0.300. The predicted molar refractivity (Wildman–Crippen MR) is 48.7 cm³/mol. The average Bonchev–Trinajstić information content (AvgIpc) is 2.12. The zero-order chi connectivity index (χ0) is 9.84. The summed E-state index contributed by atoms with van der Waals surface area (Å²) in [5.41, 5.74) is 1.71. The highest BCUT2D eigenvalue weighted by Gasteiger charge is 2.10. The van der Waals surface area contributed by atoms with Crippen molar-refractivity contribution in [3.63, 3.8) is 0 Å². The highest BCUT2D eigenvalue weighted by Crippen LogP contribution is 2.32. The van der Waals surface area contributed by atoms with Crippen LogP contribution in [-0.4, -0.2) is 12.2 Å². The molecule has 68 valence electrons. The summed E-state index contributed by atoms with van der Waals surface area (Å²) in [6.45, 7) is 1.88. The third-order valence-corrected chi connectivity index (χ3v) is 1.93. The highest BCUT2D eigenvalue weighted by atomic mass is 16.5. The van der Waals surface area contributed by atoms with E-state index >= 15 is 0 Å². The smallest absolute Gasteiger partial charge is 0.164 e. The van der Waals surface area contributed by atoms with E-state index in [1.807, 2.05) is 13.0 Å². The van der Waals surface area contributed by atoms with Gasteiger partial charge >= 0.3 is 0 Å². The second-order valence-corrected chi connectivity index (χ2v) is 2.75. The van der Waals surface area contributed by atoms with Crippen LogP contribution >= 0.6 is 0 Å². The Morgan fingerprint density at radius 2 is 2.23 bits per heavy atom. The van der Waals surface area contributed by atoms with E-state index in [1.165, 1.54) is 7.11 Å². The molecule has 0 heterocycles. The molecule has 0 aromatic heterocycles. The Kier molecular flexibility index (Phi) is 2.76. The lowest BCUT2D eigenvalue weighted by Crippen LogP contribution is -1.94. The van der Waals surface area contributed by atoms with Gasteiger partial charge in [-0.3, -0.25) is 0 Å². The molecule has 0 fully saturated rings. The van der Waals surface area contributed by atoms with E-state index in [0.717, 1.165) is 11.1 Å². The number of ether oxygens (including phenoxy) is 1. The van der Waals surface area contributed by atoms with Crippen molar-refractivity contribution in [3.05, 3.63) is 23.3 Å². The molecule has 0 spiro atoms. The quantitative estimate of drug-likeness (QED) is 0.749. The number of phenols is 1. The molecule has 1 N–H and O–H groups in total. The maximum atomic E-state index is 9.41. The monoisotopic (exact) mass is 177 g/mol. The Balaban J connectivity index is 3.27. The second-order valence-electron chi connectivity index (χ2n) is 2.75. The third-order valence-electron chi connectivity index (χ3n) is 1.93. The summed E-state index contributed by atoms with van der Waals surface area (Å²) in [5.74, 6) is 0.486. The van der Waals surface area contributed by atoms with E-state index < -0.39 is 0 Å². The molecule has 0 saturated carbocycles. The number of rotatable bonds is 2. The molecule has 0 atom stereocenters. The number of hydrogen-bond acceptors (Lipinski definition) is 3. The summed E-state index contributed by atoms with van der Waals surface area (Å²) in [4.78, 5) is 0. The molecule has 0 aliphatic heterocycles. The van der Waals surface area contributed by atoms with Crippen LogP contribution in [0.25, 0.3) is 0 Å².